The summed E-state index contributed by atoms with van der Waals surface area (Å²) in [5.41, 5.74) is 0.560. The van der Waals surface area contributed by atoms with Gasteiger partial charge in [0.15, 0.2) is 12.4 Å². The van der Waals surface area contributed by atoms with Crippen molar-refractivity contribution in [3.63, 3.8) is 0 Å². The van der Waals surface area contributed by atoms with Gasteiger partial charge in [-0.25, -0.2) is 0 Å². The first-order valence-corrected chi connectivity index (χ1v) is 6.84. The summed E-state index contributed by atoms with van der Waals surface area (Å²) in [7, 11) is 1.24. The Bertz CT molecular complexity index is 486. The minimum Gasteiger partial charge on any atom is -0.484 e. The average molecular weight is 344 g/mol. The molecule has 1 aromatic carbocycles. The SMILES string of the molecule is COC(=O)CNC(=O)COc1ccc(C(=O)CBr)cc1. The summed E-state index contributed by atoms with van der Waals surface area (Å²) in [6.07, 6.45) is 0. The van der Waals surface area contributed by atoms with Crippen molar-refractivity contribution in [2.24, 2.45) is 0 Å². The second kappa shape index (κ2) is 8.31. The van der Waals surface area contributed by atoms with E-state index in [1.165, 1.54) is 7.11 Å². The van der Waals surface area contributed by atoms with E-state index in [1.807, 2.05) is 0 Å². The first-order valence-electron chi connectivity index (χ1n) is 5.72. The van der Waals surface area contributed by atoms with Gasteiger partial charge in [-0.15, -0.1) is 0 Å². The van der Waals surface area contributed by atoms with Gasteiger partial charge >= 0.3 is 5.97 Å². The van der Waals surface area contributed by atoms with Crippen molar-refractivity contribution in [2.75, 3.05) is 25.6 Å². The lowest BCUT2D eigenvalue weighted by Crippen LogP contribution is -2.33. The summed E-state index contributed by atoms with van der Waals surface area (Å²) < 4.78 is 9.59. The van der Waals surface area contributed by atoms with Crippen LogP contribution in [0.4, 0.5) is 0 Å². The molecule has 7 heteroatoms. The van der Waals surface area contributed by atoms with Crippen LogP contribution in [-0.2, 0) is 14.3 Å². The summed E-state index contributed by atoms with van der Waals surface area (Å²) in [6.45, 7) is -0.417. The predicted molar refractivity (Wildman–Crippen MR) is 75.1 cm³/mol. The van der Waals surface area contributed by atoms with Crippen LogP contribution in [-0.4, -0.2) is 43.3 Å². The highest BCUT2D eigenvalue weighted by molar-refractivity contribution is 9.09. The maximum Gasteiger partial charge on any atom is 0.325 e. The summed E-state index contributed by atoms with van der Waals surface area (Å²) >= 11 is 3.08. The fourth-order valence-electron chi connectivity index (χ4n) is 1.26. The molecule has 6 nitrogen and oxygen atoms in total. The molecule has 0 heterocycles. The Morgan fingerprint density at radius 1 is 1.20 bits per heavy atom. The Hall–Kier alpha value is -1.89. The molecule has 0 aliphatic heterocycles. The number of carbonyl (C=O) groups is 3. The van der Waals surface area contributed by atoms with Crippen molar-refractivity contribution in [1.82, 2.24) is 5.32 Å². The number of esters is 1. The molecule has 0 unspecified atom stereocenters. The van der Waals surface area contributed by atoms with Gasteiger partial charge in [0, 0.05) is 5.56 Å². The molecule has 0 radical (unpaired) electrons. The van der Waals surface area contributed by atoms with Crippen molar-refractivity contribution < 1.29 is 23.9 Å². The van der Waals surface area contributed by atoms with Gasteiger partial charge in [-0.1, -0.05) is 15.9 Å². The predicted octanol–water partition coefficient (Wildman–Crippen LogP) is 0.932. The summed E-state index contributed by atoms with van der Waals surface area (Å²) in [5.74, 6) is -0.538. The van der Waals surface area contributed by atoms with Crippen LogP contribution in [0.5, 0.6) is 5.75 Å². The maximum absolute atomic E-state index is 11.4. The minimum atomic E-state index is -0.531. The molecule has 1 amide bonds. The van der Waals surface area contributed by atoms with Crippen LogP contribution >= 0.6 is 15.9 Å². The lowest BCUT2D eigenvalue weighted by Gasteiger charge is -2.07. The zero-order valence-electron chi connectivity index (χ0n) is 10.8. The quantitative estimate of drug-likeness (QED) is 0.452. The fraction of sp³-hybridized carbons (Fsp3) is 0.308. The molecule has 20 heavy (non-hydrogen) atoms. The standard InChI is InChI=1S/C13H14BrNO5/c1-19-13(18)7-15-12(17)8-20-10-4-2-9(3-5-10)11(16)6-14/h2-5H,6-8H2,1H3,(H,15,17). The van der Waals surface area contributed by atoms with E-state index in [0.717, 1.165) is 0 Å². The Labute approximate surface area is 124 Å². The summed E-state index contributed by atoms with van der Waals surface area (Å²) in [4.78, 5) is 33.5. The molecule has 0 saturated heterocycles. The molecular weight excluding hydrogens is 330 g/mol. The lowest BCUT2D eigenvalue weighted by molar-refractivity contribution is -0.141. The third-order valence-corrected chi connectivity index (χ3v) is 2.83. The molecule has 0 aliphatic carbocycles. The van der Waals surface area contributed by atoms with Gasteiger partial charge in [0.2, 0.25) is 0 Å². The number of ether oxygens (including phenoxy) is 2. The Kier molecular flexibility index (Phi) is 6.72. The largest absolute Gasteiger partial charge is 0.484 e. The molecule has 0 aliphatic rings. The topological polar surface area (TPSA) is 81.7 Å². The second-order valence-corrected chi connectivity index (χ2v) is 4.28. The van der Waals surface area contributed by atoms with E-state index in [1.54, 1.807) is 24.3 Å². The van der Waals surface area contributed by atoms with Crippen LogP contribution < -0.4 is 10.1 Å². The molecular formula is C13H14BrNO5. The Morgan fingerprint density at radius 3 is 2.40 bits per heavy atom. The molecule has 0 bridgehead atoms. The van der Waals surface area contributed by atoms with Gasteiger partial charge in [0.25, 0.3) is 5.91 Å². The van der Waals surface area contributed by atoms with Crippen LogP contribution in [0, 0.1) is 0 Å². The number of carbonyl (C=O) groups excluding carboxylic acids is 3. The number of hydrogen-bond acceptors (Lipinski definition) is 5. The van der Waals surface area contributed by atoms with Crippen LogP contribution in [0.2, 0.25) is 0 Å². The second-order valence-electron chi connectivity index (χ2n) is 3.72. The van der Waals surface area contributed by atoms with E-state index >= 15 is 0 Å². The molecule has 0 saturated carbocycles. The van der Waals surface area contributed by atoms with E-state index in [0.29, 0.717) is 11.3 Å². The third-order valence-electron chi connectivity index (χ3n) is 2.33. The van der Waals surface area contributed by atoms with E-state index in [4.69, 9.17) is 4.74 Å². The monoisotopic (exact) mass is 343 g/mol. The highest BCUT2D eigenvalue weighted by Gasteiger charge is 2.07. The summed E-state index contributed by atoms with van der Waals surface area (Å²) in [6, 6.07) is 6.43. The van der Waals surface area contributed by atoms with Gasteiger partial charge in [-0.3, -0.25) is 14.4 Å². The normalized spacial score (nSPS) is 9.70. The first-order chi connectivity index (χ1) is 9.56. The van der Waals surface area contributed by atoms with E-state index < -0.39 is 11.9 Å². The van der Waals surface area contributed by atoms with Gasteiger partial charge < -0.3 is 14.8 Å². The molecule has 0 atom stereocenters. The van der Waals surface area contributed by atoms with Gasteiger partial charge in [-0.2, -0.15) is 0 Å². The highest BCUT2D eigenvalue weighted by atomic mass is 79.9. The number of methoxy groups -OCH3 is 1. The molecule has 0 aromatic heterocycles. The minimum absolute atomic E-state index is 0.0348. The highest BCUT2D eigenvalue weighted by Crippen LogP contribution is 2.13. The van der Waals surface area contributed by atoms with Crippen LogP contribution in [0.1, 0.15) is 10.4 Å². The van der Waals surface area contributed by atoms with Crippen molar-refractivity contribution in [2.45, 2.75) is 0 Å². The number of nitrogens with one attached hydrogen (secondary N) is 1. The van der Waals surface area contributed by atoms with Crippen molar-refractivity contribution >= 4 is 33.6 Å². The average Bonchev–Trinajstić information content (AvgIpc) is 2.50. The molecule has 108 valence electrons. The molecule has 1 rings (SSSR count). The van der Waals surface area contributed by atoms with Crippen LogP contribution in [0.3, 0.4) is 0 Å². The van der Waals surface area contributed by atoms with E-state index in [-0.39, 0.29) is 24.3 Å². The van der Waals surface area contributed by atoms with E-state index in [9.17, 15) is 14.4 Å². The van der Waals surface area contributed by atoms with Gasteiger partial charge in [-0.05, 0) is 24.3 Å². The number of benzene rings is 1. The smallest absolute Gasteiger partial charge is 0.325 e. The van der Waals surface area contributed by atoms with Crippen molar-refractivity contribution in [3.8, 4) is 5.75 Å². The number of Topliss-reactive ketones (excluding diaryl/α,β-unsaturated/α-hetero) is 1. The van der Waals surface area contributed by atoms with Crippen LogP contribution in [0.25, 0.3) is 0 Å². The Balaban J connectivity index is 2.40. The lowest BCUT2D eigenvalue weighted by atomic mass is 10.1. The zero-order chi connectivity index (χ0) is 15.0. The van der Waals surface area contributed by atoms with Crippen molar-refractivity contribution in [3.05, 3.63) is 29.8 Å². The van der Waals surface area contributed by atoms with Crippen LogP contribution in [0.15, 0.2) is 24.3 Å². The number of hydrogen-bond donors (Lipinski definition) is 1. The fourth-order valence-corrected chi connectivity index (χ4v) is 1.58. The first kappa shape index (κ1) is 16.2. The van der Waals surface area contributed by atoms with E-state index in [2.05, 4.69) is 26.0 Å². The molecule has 0 fully saturated rings. The number of rotatable bonds is 7. The summed E-state index contributed by atoms with van der Waals surface area (Å²) in [5, 5.41) is 2.60. The molecule has 1 N–H and O–H groups in total. The number of alkyl halides is 1. The zero-order valence-corrected chi connectivity index (χ0v) is 12.4. The van der Waals surface area contributed by atoms with Gasteiger partial charge in [0.1, 0.15) is 12.3 Å². The number of ketones is 1. The van der Waals surface area contributed by atoms with Gasteiger partial charge in [0.05, 0.1) is 12.4 Å². The third kappa shape index (κ3) is 5.40. The number of halogens is 1. The molecule has 0 spiro atoms. The Morgan fingerprint density at radius 2 is 1.85 bits per heavy atom. The maximum atomic E-state index is 11.4. The number of amides is 1. The molecule has 1 aromatic rings. The van der Waals surface area contributed by atoms with Crippen molar-refractivity contribution in [1.29, 1.82) is 0 Å².